The van der Waals surface area contributed by atoms with Gasteiger partial charge in [0.1, 0.15) is 12.2 Å². The molecule has 0 bridgehead atoms. The van der Waals surface area contributed by atoms with E-state index in [9.17, 15) is 9.59 Å². The molecule has 0 N–H and O–H groups in total. The number of esters is 1. The quantitative estimate of drug-likeness (QED) is 0.191. The number of pyridine rings is 1. The van der Waals surface area contributed by atoms with Crippen LogP contribution in [0.2, 0.25) is 0 Å². The van der Waals surface area contributed by atoms with Gasteiger partial charge in [0.15, 0.2) is 5.78 Å². The van der Waals surface area contributed by atoms with Gasteiger partial charge in [0.25, 0.3) is 0 Å². The number of rotatable bonds is 7. The van der Waals surface area contributed by atoms with E-state index in [1.54, 1.807) is 25.2 Å². The number of nitrogens with zero attached hydrogens (tertiary/aromatic N) is 2. The Kier molecular flexibility index (Phi) is 6.79. The maximum Gasteiger partial charge on any atom is 0.343 e. The maximum atomic E-state index is 11.8. The Bertz CT molecular complexity index is 486. The Morgan fingerprint density at radius 2 is 2.15 bits per heavy atom. The van der Waals surface area contributed by atoms with E-state index >= 15 is 0 Å². The van der Waals surface area contributed by atoms with Crippen molar-refractivity contribution in [2.45, 2.75) is 11.9 Å². The molecule has 108 valence electrons. The van der Waals surface area contributed by atoms with Crippen molar-refractivity contribution in [2.24, 2.45) is 0 Å². The number of thioether (sulfide) groups is 1. The van der Waals surface area contributed by atoms with Crippen LogP contribution in [-0.2, 0) is 14.3 Å². The van der Waals surface area contributed by atoms with Crippen LogP contribution in [0.4, 0.5) is 0 Å². The summed E-state index contributed by atoms with van der Waals surface area (Å²) in [7, 11) is 3.49. The van der Waals surface area contributed by atoms with Crippen molar-refractivity contribution in [3.63, 3.8) is 0 Å². The molecule has 1 aromatic rings. The number of carbonyl (C=O) groups is 2. The fraction of sp³-hybridized carbons (Fsp3) is 0.357. The number of carbonyl (C=O) groups excluding carboxylic acids is 2. The van der Waals surface area contributed by atoms with Crippen molar-refractivity contribution < 1.29 is 14.3 Å². The van der Waals surface area contributed by atoms with Gasteiger partial charge in [0.05, 0.1) is 5.03 Å². The molecule has 0 radical (unpaired) electrons. The van der Waals surface area contributed by atoms with E-state index < -0.39 is 5.97 Å². The van der Waals surface area contributed by atoms with Crippen molar-refractivity contribution in [3.8, 4) is 0 Å². The molecule has 0 aliphatic carbocycles. The topological polar surface area (TPSA) is 59.5 Å². The minimum Gasteiger partial charge on any atom is -0.461 e. The first kappa shape index (κ1) is 16.2. The number of aromatic nitrogens is 1. The molecule has 0 atom stereocenters. The van der Waals surface area contributed by atoms with Crippen LogP contribution in [0.1, 0.15) is 6.92 Å². The second-order valence-electron chi connectivity index (χ2n) is 4.21. The predicted molar refractivity (Wildman–Crippen MR) is 78.4 cm³/mol. The van der Waals surface area contributed by atoms with Crippen LogP contribution in [-0.4, -0.2) is 48.1 Å². The summed E-state index contributed by atoms with van der Waals surface area (Å²) in [5.41, 5.74) is 0.0536. The summed E-state index contributed by atoms with van der Waals surface area (Å²) < 4.78 is 5.08. The Balaban J connectivity index is 2.41. The Morgan fingerprint density at radius 3 is 2.70 bits per heavy atom. The summed E-state index contributed by atoms with van der Waals surface area (Å²) in [6, 6.07) is 5.63. The monoisotopic (exact) mass is 294 g/mol. The molecule has 6 heteroatoms. The van der Waals surface area contributed by atoms with Gasteiger partial charge >= 0.3 is 5.97 Å². The van der Waals surface area contributed by atoms with E-state index in [-0.39, 0.29) is 18.0 Å². The van der Waals surface area contributed by atoms with Gasteiger partial charge in [-0.25, -0.2) is 9.78 Å². The SMILES string of the molecule is CC(=O)/C(=C\N(C)C)C(=O)OCCSc1ccccn1. The average molecular weight is 294 g/mol. The van der Waals surface area contributed by atoms with E-state index in [0.29, 0.717) is 5.75 Å². The molecule has 0 amide bonds. The number of ether oxygens (including phenoxy) is 1. The molecule has 1 heterocycles. The Morgan fingerprint density at radius 1 is 1.40 bits per heavy atom. The van der Waals surface area contributed by atoms with Crippen molar-refractivity contribution >= 4 is 23.5 Å². The fourth-order valence-corrected chi connectivity index (χ4v) is 2.02. The van der Waals surface area contributed by atoms with Gasteiger partial charge in [-0.3, -0.25) is 4.79 Å². The lowest BCUT2D eigenvalue weighted by molar-refractivity contribution is -0.139. The Hall–Kier alpha value is -1.82. The molecular weight excluding hydrogens is 276 g/mol. The highest BCUT2D eigenvalue weighted by molar-refractivity contribution is 7.99. The molecule has 0 saturated carbocycles. The fourth-order valence-electron chi connectivity index (χ4n) is 1.34. The van der Waals surface area contributed by atoms with Crippen LogP contribution >= 0.6 is 11.8 Å². The van der Waals surface area contributed by atoms with Gasteiger partial charge in [-0.05, 0) is 19.1 Å². The molecule has 0 saturated heterocycles. The van der Waals surface area contributed by atoms with Gasteiger partial charge in [-0.15, -0.1) is 11.8 Å². The first-order valence-electron chi connectivity index (χ1n) is 6.11. The van der Waals surface area contributed by atoms with E-state index in [0.717, 1.165) is 5.03 Å². The zero-order valence-electron chi connectivity index (χ0n) is 11.8. The number of hydrogen-bond donors (Lipinski definition) is 0. The molecule has 5 nitrogen and oxygen atoms in total. The van der Waals surface area contributed by atoms with Gasteiger partial charge in [-0.2, -0.15) is 0 Å². The third kappa shape index (κ3) is 5.88. The van der Waals surface area contributed by atoms with Gasteiger partial charge < -0.3 is 9.64 Å². The van der Waals surface area contributed by atoms with Crippen LogP contribution in [0.15, 0.2) is 41.2 Å². The second kappa shape index (κ2) is 8.37. The highest BCUT2D eigenvalue weighted by atomic mass is 32.2. The minimum absolute atomic E-state index is 0.0536. The molecular formula is C14H18N2O3S. The summed E-state index contributed by atoms with van der Waals surface area (Å²) in [6.45, 7) is 1.58. The lowest BCUT2D eigenvalue weighted by Crippen LogP contribution is -2.18. The molecule has 0 spiro atoms. The second-order valence-corrected chi connectivity index (χ2v) is 5.33. The van der Waals surface area contributed by atoms with Crippen molar-refractivity contribution in [1.29, 1.82) is 0 Å². The third-order valence-electron chi connectivity index (χ3n) is 2.19. The number of hydrogen-bond acceptors (Lipinski definition) is 6. The average Bonchev–Trinajstić information content (AvgIpc) is 2.41. The number of ketones is 1. The zero-order chi connectivity index (χ0) is 15.0. The standard InChI is InChI=1S/C14H18N2O3S/c1-11(17)12(10-16(2)3)14(18)19-8-9-20-13-6-4-5-7-15-13/h4-7,10H,8-9H2,1-3H3/b12-10+. The van der Waals surface area contributed by atoms with Crippen molar-refractivity contribution in [1.82, 2.24) is 9.88 Å². The van der Waals surface area contributed by atoms with Crippen LogP contribution < -0.4 is 0 Å². The van der Waals surface area contributed by atoms with Gasteiger partial charge in [0, 0.05) is 32.2 Å². The lowest BCUT2D eigenvalue weighted by Gasteiger charge is -2.09. The summed E-state index contributed by atoms with van der Waals surface area (Å²) in [6.07, 6.45) is 3.18. The molecule has 0 aromatic carbocycles. The predicted octanol–water partition coefficient (Wildman–Crippen LogP) is 1.75. The first-order chi connectivity index (χ1) is 9.50. The van der Waals surface area contributed by atoms with Crippen LogP contribution in [0, 0.1) is 0 Å². The largest absolute Gasteiger partial charge is 0.461 e. The summed E-state index contributed by atoms with van der Waals surface area (Å²) in [4.78, 5) is 28.9. The summed E-state index contributed by atoms with van der Waals surface area (Å²) in [5, 5.41) is 0.874. The smallest absolute Gasteiger partial charge is 0.343 e. The van der Waals surface area contributed by atoms with Crippen molar-refractivity contribution in [2.75, 3.05) is 26.5 Å². The molecule has 0 unspecified atom stereocenters. The van der Waals surface area contributed by atoms with Crippen LogP contribution in [0.25, 0.3) is 0 Å². The maximum absolute atomic E-state index is 11.8. The van der Waals surface area contributed by atoms with E-state index in [1.807, 2.05) is 18.2 Å². The summed E-state index contributed by atoms with van der Waals surface area (Å²) >= 11 is 1.49. The molecule has 20 heavy (non-hydrogen) atoms. The van der Waals surface area contributed by atoms with Gasteiger partial charge in [-0.1, -0.05) is 6.07 Å². The first-order valence-corrected chi connectivity index (χ1v) is 7.09. The molecule has 1 aromatic heterocycles. The third-order valence-corrected chi connectivity index (χ3v) is 3.10. The Labute approximate surface area is 123 Å². The molecule has 0 fully saturated rings. The van der Waals surface area contributed by atoms with E-state index in [4.69, 9.17) is 4.74 Å². The minimum atomic E-state index is -0.590. The van der Waals surface area contributed by atoms with E-state index in [1.165, 1.54) is 24.9 Å². The number of Topliss-reactive ketones (excluding diaryl/α,β-unsaturated/α-hetero) is 1. The summed E-state index contributed by atoms with van der Waals surface area (Å²) in [5.74, 6) is -0.301. The normalized spacial score (nSPS) is 11.1. The van der Waals surface area contributed by atoms with Crippen molar-refractivity contribution in [3.05, 3.63) is 36.2 Å². The highest BCUT2D eigenvalue weighted by Crippen LogP contribution is 2.13. The molecule has 0 aliphatic heterocycles. The zero-order valence-corrected chi connectivity index (χ0v) is 12.6. The lowest BCUT2D eigenvalue weighted by atomic mass is 10.2. The highest BCUT2D eigenvalue weighted by Gasteiger charge is 2.16. The molecule has 0 aliphatic rings. The van der Waals surface area contributed by atoms with Crippen LogP contribution in [0.3, 0.4) is 0 Å². The van der Waals surface area contributed by atoms with Crippen LogP contribution in [0.5, 0.6) is 0 Å². The molecule has 1 rings (SSSR count). The van der Waals surface area contributed by atoms with Gasteiger partial charge in [0.2, 0.25) is 0 Å². The van der Waals surface area contributed by atoms with E-state index in [2.05, 4.69) is 4.98 Å².